The van der Waals surface area contributed by atoms with E-state index in [4.69, 9.17) is 16.3 Å². The Morgan fingerprint density at radius 2 is 2.11 bits per heavy atom. The number of nitrogens with zero attached hydrogens (tertiary/aromatic N) is 3. The lowest BCUT2D eigenvalue weighted by Gasteiger charge is -2.23. The second-order valence-corrected chi connectivity index (χ2v) is 4.63. The SMILES string of the molecule is COCCN(c1cc(C(F)(F)F)nc(Cl)n1)C1CC1. The molecule has 0 unspecified atom stereocenters. The third kappa shape index (κ3) is 3.70. The third-order valence-corrected chi connectivity index (χ3v) is 2.96. The molecule has 1 heterocycles. The van der Waals surface area contributed by atoms with Crippen LogP contribution in [0.25, 0.3) is 0 Å². The van der Waals surface area contributed by atoms with Crippen molar-refractivity contribution in [3.8, 4) is 0 Å². The van der Waals surface area contributed by atoms with Crippen LogP contribution in [0.1, 0.15) is 18.5 Å². The van der Waals surface area contributed by atoms with E-state index in [1.165, 1.54) is 0 Å². The molecule has 0 radical (unpaired) electrons. The van der Waals surface area contributed by atoms with E-state index in [1.807, 2.05) is 0 Å². The number of ether oxygens (including phenoxy) is 1. The van der Waals surface area contributed by atoms with Gasteiger partial charge in [-0.25, -0.2) is 9.97 Å². The number of methoxy groups -OCH3 is 1. The van der Waals surface area contributed by atoms with Crippen LogP contribution in [0.2, 0.25) is 5.28 Å². The first-order valence-corrected chi connectivity index (χ1v) is 6.17. The molecular weight excluding hydrogens is 283 g/mol. The van der Waals surface area contributed by atoms with Gasteiger partial charge in [-0.15, -0.1) is 0 Å². The second-order valence-electron chi connectivity index (χ2n) is 4.30. The lowest BCUT2D eigenvalue weighted by atomic mass is 10.3. The van der Waals surface area contributed by atoms with E-state index in [2.05, 4.69) is 9.97 Å². The van der Waals surface area contributed by atoms with Gasteiger partial charge in [0.2, 0.25) is 5.28 Å². The molecule has 2 rings (SSSR count). The molecule has 1 aromatic heterocycles. The fraction of sp³-hybridized carbons (Fsp3) is 0.636. The summed E-state index contributed by atoms with van der Waals surface area (Å²) >= 11 is 5.58. The molecule has 0 amide bonds. The molecule has 1 fully saturated rings. The van der Waals surface area contributed by atoms with Crippen molar-refractivity contribution in [2.24, 2.45) is 0 Å². The molecule has 0 spiro atoms. The Balaban J connectivity index is 2.28. The Morgan fingerprint density at radius 3 is 2.63 bits per heavy atom. The summed E-state index contributed by atoms with van der Waals surface area (Å²) in [6, 6.07) is 1.14. The van der Waals surface area contributed by atoms with E-state index in [0.717, 1.165) is 18.9 Å². The summed E-state index contributed by atoms with van der Waals surface area (Å²) < 4.78 is 43.0. The highest BCUT2D eigenvalue weighted by Gasteiger charge is 2.36. The van der Waals surface area contributed by atoms with Gasteiger partial charge in [0.1, 0.15) is 5.82 Å². The van der Waals surface area contributed by atoms with Crippen LogP contribution in [-0.2, 0) is 10.9 Å². The van der Waals surface area contributed by atoms with Crippen LogP contribution in [-0.4, -0.2) is 36.3 Å². The van der Waals surface area contributed by atoms with Crippen molar-refractivity contribution in [1.82, 2.24) is 9.97 Å². The normalized spacial score (nSPS) is 15.6. The summed E-state index contributed by atoms with van der Waals surface area (Å²) in [6.07, 6.45) is -2.66. The topological polar surface area (TPSA) is 38.2 Å². The zero-order valence-electron chi connectivity index (χ0n) is 10.2. The van der Waals surface area contributed by atoms with E-state index in [-0.39, 0.29) is 11.9 Å². The third-order valence-electron chi connectivity index (χ3n) is 2.79. The fourth-order valence-corrected chi connectivity index (χ4v) is 1.94. The lowest BCUT2D eigenvalue weighted by Crippen LogP contribution is -2.30. The van der Waals surface area contributed by atoms with Crippen LogP contribution in [0.3, 0.4) is 0 Å². The molecule has 106 valence electrons. The second kappa shape index (κ2) is 5.50. The number of alkyl halides is 3. The molecule has 1 saturated carbocycles. The molecule has 0 aliphatic heterocycles. The number of halogens is 4. The summed E-state index contributed by atoms with van der Waals surface area (Å²) in [5.74, 6) is 0.201. The van der Waals surface area contributed by atoms with Gasteiger partial charge in [0.25, 0.3) is 0 Å². The largest absolute Gasteiger partial charge is 0.433 e. The molecule has 0 saturated heterocycles. The van der Waals surface area contributed by atoms with Gasteiger partial charge in [0, 0.05) is 25.8 Å². The van der Waals surface area contributed by atoms with Gasteiger partial charge in [0.05, 0.1) is 6.61 Å². The van der Waals surface area contributed by atoms with Crippen LogP contribution < -0.4 is 4.90 Å². The van der Waals surface area contributed by atoms with Gasteiger partial charge in [-0.2, -0.15) is 13.2 Å². The summed E-state index contributed by atoms with van der Waals surface area (Å²) in [4.78, 5) is 8.89. The van der Waals surface area contributed by atoms with Crippen LogP contribution in [0.5, 0.6) is 0 Å². The van der Waals surface area contributed by atoms with Crippen molar-refractivity contribution < 1.29 is 17.9 Å². The molecule has 0 N–H and O–H groups in total. The quantitative estimate of drug-likeness (QED) is 0.783. The van der Waals surface area contributed by atoms with Crippen molar-refractivity contribution >= 4 is 17.4 Å². The minimum atomic E-state index is -4.53. The Kier molecular flexibility index (Phi) is 4.15. The van der Waals surface area contributed by atoms with Gasteiger partial charge in [-0.3, -0.25) is 0 Å². The Labute approximate surface area is 113 Å². The minimum Gasteiger partial charge on any atom is -0.383 e. The molecule has 4 nitrogen and oxygen atoms in total. The fourth-order valence-electron chi connectivity index (χ4n) is 1.76. The molecule has 19 heavy (non-hydrogen) atoms. The Bertz CT molecular complexity index is 451. The number of aromatic nitrogens is 2. The summed E-state index contributed by atoms with van der Waals surface area (Å²) in [6.45, 7) is 0.894. The molecule has 0 aromatic carbocycles. The standard InChI is InChI=1S/C11H13ClF3N3O/c1-19-5-4-18(7-2-3-7)9-6-8(11(13,14)15)16-10(12)17-9/h6-7H,2-5H2,1H3. The van der Waals surface area contributed by atoms with E-state index < -0.39 is 17.2 Å². The van der Waals surface area contributed by atoms with Crippen LogP contribution in [0, 0.1) is 0 Å². The summed E-state index contributed by atoms with van der Waals surface area (Å²) in [5.41, 5.74) is -1.02. The van der Waals surface area contributed by atoms with E-state index in [9.17, 15) is 13.2 Å². The Hall–Kier alpha value is -1.08. The first kappa shape index (κ1) is 14.3. The van der Waals surface area contributed by atoms with Gasteiger partial charge < -0.3 is 9.64 Å². The molecule has 1 aliphatic rings. The lowest BCUT2D eigenvalue weighted by molar-refractivity contribution is -0.141. The molecule has 0 bridgehead atoms. The molecular formula is C11H13ClF3N3O. The molecule has 0 atom stereocenters. The highest BCUT2D eigenvalue weighted by Crippen LogP contribution is 2.34. The smallest absolute Gasteiger partial charge is 0.383 e. The van der Waals surface area contributed by atoms with Crippen molar-refractivity contribution in [3.05, 3.63) is 17.0 Å². The average molecular weight is 296 g/mol. The molecule has 1 aliphatic carbocycles. The highest BCUT2D eigenvalue weighted by molar-refractivity contribution is 6.28. The predicted octanol–water partition coefficient (Wildman–Crippen LogP) is 2.76. The van der Waals surface area contributed by atoms with E-state index in [1.54, 1.807) is 12.0 Å². The van der Waals surface area contributed by atoms with Gasteiger partial charge >= 0.3 is 6.18 Å². The first-order valence-electron chi connectivity index (χ1n) is 5.79. The first-order chi connectivity index (χ1) is 8.91. The van der Waals surface area contributed by atoms with E-state index >= 15 is 0 Å². The monoisotopic (exact) mass is 295 g/mol. The number of rotatable bonds is 5. The van der Waals surface area contributed by atoms with Crippen LogP contribution in [0.15, 0.2) is 6.07 Å². The minimum absolute atomic E-state index is 0.201. The zero-order chi connectivity index (χ0) is 14.0. The van der Waals surface area contributed by atoms with Crippen molar-refractivity contribution in [3.63, 3.8) is 0 Å². The maximum atomic E-state index is 12.7. The van der Waals surface area contributed by atoms with Gasteiger partial charge in [-0.1, -0.05) is 0 Å². The van der Waals surface area contributed by atoms with Crippen molar-refractivity contribution in [2.75, 3.05) is 25.2 Å². The number of anilines is 1. The summed E-state index contributed by atoms with van der Waals surface area (Å²) in [7, 11) is 1.54. The van der Waals surface area contributed by atoms with Crippen molar-refractivity contribution in [2.45, 2.75) is 25.1 Å². The van der Waals surface area contributed by atoms with Gasteiger partial charge in [0.15, 0.2) is 5.69 Å². The average Bonchev–Trinajstić information content (AvgIpc) is 3.12. The number of hydrogen-bond donors (Lipinski definition) is 0. The van der Waals surface area contributed by atoms with Crippen molar-refractivity contribution in [1.29, 1.82) is 0 Å². The number of hydrogen-bond acceptors (Lipinski definition) is 4. The maximum Gasteiger partial charge on any atom is 0.433 e. The molecule has 8 heteroatoms. The highest BCUT2D eigenvalue weighted by atomic mass is 35.5. The van der Waals surface area contributed by atoms with Crippen LogP contribution >= 0.6 is 11.6 Å². The predicted molar refractivity (Wildman–Crippen MR) is 64.3 cm³/mol. The van der Waals surface area contributed by atoms with Gasteiger partial charge in [-0.05, 0) is 24.4 Å². The maximum absolute atomic E-state index is 12.7. The Morgan fingerprint density at radius 1 is 1.42 bits per heavy atom. The molecule has 1 aromatic rings. The van der Waals surface area contributed by atoms with Crippen LogP contribution in [0.4, 0.5) is 19.0 Å². The summed E-state index contributed by atoms with van der Waals surface area (Å²) in [5, 5.41) is -0.395. The zero-order valence-corrected chi connectivity index (χ0v) is 11.0. The van der Waals surface area contributed by atoms with E-state index in [0.29, 0.717) is 13.2 Å².